The Kier molecular flexibility index (Phi) is 7.42. The molecule has 0 amide bonds. The standard InChI is InChI=1S/C11H24N4S/c1-16-9-5-3-2-4-8-13-11(15-12)14-10-6-7-10/h10H,2-9,12H2,1H3,(H2,13,14,15). The molecule has 0 unspecified atom stereocenters. The molecule has 0 spiro atoms. The third-order valence-electron chi connectivity index (χ3n) is 2.58. The van der Waals surface area contributed by atoms with Gasteiger partial charge in [-0.2, -0.15) is 11.8 Å². The number of guanidine groups is 1. The van der Waals surface area contributed by atoms with Crippen LogP contribution in [0.25, 0.3) is 0 Å². The Morgan fingerprint density at radius 1 is 1.31 bits per heavy atom. The van der Waals surface area contributed by atoms with Gasteiger partial charge in [-0.05, 0) is 37.7 Å². The maximum absolute atomic E-state index is 5.38. The van der Waals surface area contributed by atoms with Crippen LogP contribution in [0.3, 0.4) is 0 Å². The Bertz CT molecular complexity index is 204. The van der Waals surface area contributed by atoms with Crippen LogP contribution >= 0.6 is 11.8 Å². The molecule has 94 valence electrons. The first-order valence-electron chi connectivity index (χ1n) is 6.13. The number of thioether (sulfide) groups is 1. The van der Waals surface area contributed by atoms with Gasteiger partial charge in [-0.15, -0.1) is 0 Å². The van der Waals surface area contributed by atoms with E-state index < -0.39 is 0 Å². The summed E-state index contributed by atoms with van der Waals surface area (Å²) >= 11 is 1.92. The molecule has 1 fully saturated rings. The van der Waals surface area contributed by atoms with Gasteiger partial charge >= 0.3 is 0 Å². The van der Waals surface area contributed by atoms with E-state index in [9.17, 15) is 0 Å². The average Bonchev–Trinajstić information content (AvgIpc) is 3.10. The van der Waals surface area contributed by atoms with E-state index in [0.717, 1.165) is 18.9 Å². The fourth-order valence-corrected chi connectivity index (χ4v) is 1.95. The number of aliphatic imine (C=N–C) groups is 1. The lowest BCUT2D eigenvalue weighted by atomic mass is 10.2. The van der Waals surface area contributed by atoms with Gasteiger partial charge in [0.05, 0.1) is 0 Å². The molecule has 0 bridgehead atoms. The molecular formula is C11H24N4S. The molecule has 16 heavy (non-hydrogen) atoms. The minimum atomic E-state index is 0.608. The zero-order valence-electron chi connectivity index (χ0n) is 10.2. The first-order chi connectivity index (χ1) is 7.86. The first kappa shape index (κ1) is 13.6. The Labute approximate surface area is 103 Å². The van der Waals surface area contributed by atoms with E-state index in [1.165, 1.54) is 37.9 Å². The number of hydrogen-bond donors (Lipinski definition) is 3. The molecule has 1 saturated carbocycles. The molecule has 0 saturated heterocycles. The molecule has 0 radical (unpaired) electrons. The largest absolute Gasteiger partial charge is 0.353 e. The summed E-state index contributed by atoms with van der Waals surface area (Å²) < 4.78 is 0. The molecule has 0 heterocycles. The van der Waals surface area contributed by atoms with Crippen LogP contribution in [-0.4, -0.2) is 30.6 Å². The number of nitrogens with one attached hydrogen (secondary N) is 2. The number of nitrogens with zero attached hydrogens (tertiary/aromatic N) is 1. The van der Waals surface area contributed by atoms with Crippen molar-refractivity contribution in [3.05, 3.63) is 0 Å². The van der Waals surface area contributed by atoms with Crippen molar-refractivity contribution in [3.8, 4) is 0 Å². The average molecular weight is 244 g/mol. The highest BCUT2D eigenvalue weighted by molar-refractivity contribution is 7.98. The fraction of sp³-hybridized carbons (Fsp3) is 0.909. The monoisotopic (exact) mass is 244 g/mol. The van der Waals surface area contributed by atoms with Crippen LogP contribution in [0.1, 0.15) is 38.5 Å². The van der Waals surface area contributed by atoms with Crippen LogP contribution in [-0.2, 0) is 0 Å². The number of unbranched alkanes of at least 4 members (excludes halogenated alkanes) is 3. The fourth-order valence-electron chi connectivity index (χ4n) is 1.46. The van der Waals surface area contributed by atoms with Gasteiger partial charge in [0.2, 0.25) is 5.96 Å². The predicted octanol–water partition coefficient (Wildman–Crippen LogP) is 1.48. The number of rotatable bonds is 8. The van der Waals surface area contributed by atoms with Crippen LogP contribution in [0.2, 0.25) is 0 Å². The Hall–Kier alpha value is -0.420. The van der Waals surface area contributed by atoms with Crippen molar-refractivity contribution < 1.29 is 0 Å². The Morgan fingerprint density at radius 2 is 2.06 bits per heavy atom. The van der Waals surface area contributed by atoms with E-state index >= 15 is 0 Å². The molecule has 1 aliphatic rings. The van der Waals surface area contributed by atoms with Gasteiger partial charge in [0, 0.05) is 12.6 Å². The minimum Gasteiger partial charge on any atom is -0.353 e. The second-order valence-electron chi connectivity index (χ2n) is 4.20. The number of hydrogen-bond acceptors (Lipinski definition) is 3. The van der Waals surface area contributed by atoms with Crippen molar-refractivity contribution in [2.75, 3.05) is 18.6 Å². The molecule has 5 heteroatoms. The Morgan fingerprint density at radius 3 is 2.69 bits per heavy atom. The van der Waals surface area contributed by atoms with E-state index in [2.05, 4.69) is 22.0 Å². The van der Waals surface area contributed by atoms with Gasteiger partial charge in [-0.1, -0.05) is 12.8 Å². The smallest absolute Gasteiger partial charge is 0.205 e. The maximum Gasteiger partial charge on any atom is 0.205 e. The van der Waals surface area contributed by atoms with Gasteiger partial charge < -0.3 is 5.32 Å². The molecule has 0 aromatic rings. The minimum absolute atomic E-state index is 0.608. The van der Waals surface area contributed by atoms with Crippen molar-refractivity contribution in [1.82, 2.24) is 10.7 Å². The van der Waals surface area contributed by atoms with E-state index in [4.69, 9.17) is 5.84 Å². The molecule has 0 atom stereocenters. The van der Waals surface area contributed by atoms with Crippen LogP contribution < -0.4 is 16.6 Å². The summed E-state index contributed by atoms with van der Waals surface area (Å²) in [5, 5.41) is 3.26. The second kappa shape index (κ2) is 8.70. The quantitative estimate of drug-likeness (QED) is 0.199. The van der Waals surface area contributed by atoms with Crippen molar-refractivity contribution in [1.29, 1.82) is 0 Å². The van der Waals surface area contributed by atoms with Gasteiger partial charge in [0.1, 0.15) is 0 Å². The molecule has 0 aliphatic heterocycles. The third-order valence-corrected chi connectivity index (χ3v) is 3.28. The second-order valence-corrected chi connectivity index (χ2v) is 5.19. The molecule has 1 rings (SSSR count). The highest BCUT2D eigenvalue weighted by atomic mass is 32.2. The van der Waals surface area contributed by atoms with E-state index in [0.29, 0.717) is 6.04 Å². The third kappa shape index (κ3) is 6.95. The highest BCUT2D eigenvalue weighted by Gasteiger charge is 2.21. The van der Waals surface area contributed by atoms with Crippen LogP contribution in [0, 0.1) is 0 Å². The number of hydrazine groups is 1. The number of nitrogens with two attached hydrogens (primary N) is 1. The summed E-state index contributed by atoms with van der Waals surface area (Å²) in [6.45, 7) is 0.874. The van der Waals surface area contributed by atoms with E-state index in [1.807, 2.05) is 11.8 Å². The lowest BCUT2D eigenvalue weighted by molar-refractivity contribution is 0.674. The van der Waals surface area contributed by atoms with Crippen LogP contribution in [0.4, 0.5) is 0 Å². The first-order valence-corrected chi connectivity index (χ1v) is 7.52. The molecule has 4 N–H and O–H groups in total. The van der Waals surface area contributed by atoms with Gasteiger partial charge in [0.15, 0.2) is 0 Å². The van der Waals surface area contributed by atoms with Crippen molar-refractivity contribution in [2.24, 2.45) is 10.8 Å². The molecular weight excluding hydrogens is 220 g/mol. The zero-order chi connectivity index (χ0) is 11.6. The summed E-state index contributed by atoms with van der Waals surface area (Å²) in [7, 11) is 0. The lowest BCUT2D eigenvalue weighted by Crippen LogP contribution is -2.42. The van der Waals surface area contributed by atoms with Crippen molar-refractivity contribution in [3.63, 3.8) is 0 Å². The topological polar surface area (TPSA) is 62.4 Å². The summed E-state index contributed by atoms with van der Waals surface area (Å²) in [6, 6.07) is 0.608. The lowest BCUT2D eigenvalue weighted by Gasteiger charge is -2.07. The van der Waals surface area contributed by atoms with Crippen LogP contribution in [0.5, 0.6) is 0 Å². The van der Waals surface area contributed by atoms with Crippen molar-refractivity contribution >= 4 is 17.7 Å². The molecule has 4 nitrogen and oxygen atoms in total. The van der Waals surface area contributed by atoms with Gasteiger partial charge in [-0.3, -0.25) is 10.4 Å². The van der Waals surface area contributed by atoms with Crippen molar-refractivity contribution in [2.45, 2.75) is 44.6 Å². The van der Waals surface area contributed by atoms with Crippen LogP contribution in [0.15, 0.2) is 4.99 Å². The summed E-state index contributed by atoms with van der Waals surface area (Å²) in [4.78, 5) is 4.40. The normalized spacial score (nSPS) is 16.2. The molecule has 0 aromatic carbocycles. The summed E-state index contributed by atoms with van der Waals surface area (Å²) in [5.41, 5.74) is 2.62. The van der Waals surface area contributed by atoms with Gasteiger partial charge in [0.25, 0.3) is 0 Å². The van der Waals surface area contributed by atoms with E-state index in [-0.39, 0.29) is 0 Å². The SMILES string of the molecule is CSCCCCCCN=C(NN)NC1CC1. The molecule has 1 aliphatic carbocycles. The summed E-state index contributed by atoms with van der Waals surface area (Å²) in [6.07, 6.45) is 9.72. The summed E-state index contributed by atoms with van der Waals surface area (Å²) in [5.74, 6) is 7.42. The predicted molar refractivity (Wildman–Crippen MR) is 72.6 cm³/mol. The molecule has 0 aromatic heterocycles. The highest BCUT2D eigenvalue weighted by Crippen LogP contribution is 2.18. The zero-order valence-corrected chi connectivity index (χ0v) is 11.0. The maximum atomic E-state index is 5.38. The Balaban J connectivity index is 1.95. The van der Waals surface area contributed by atoms with E-state index in [1.54, 1.807) is 0 Å². The van der Waals surface area contributed by atoms with Gasteiger partial charge in [-0.25, -0.2) is 5.84 Å².